The number of hydrogen-bond acceptors (Lipinski definition) is 26. The average Bonchev–Trinajstić information content (AvgIpc) is 0.927. The molecule has 2 heterocycles. The van der Waals surface area contributed by atoms with E-state index in [1.54, 1.807) is 61.9 Å². The Kier molecular flexibility index (Phi) is 55.6. The van der Waals surface area contributed by atoms with E-state index < -0.39 is 97.0 Å². The number of aliphatic hydroxyl groups is 1. The Hall–Kier alpha value is -9.74. The number of aromatic nitrogens is 1. The van der Waals surface area contributed by atoms with E-state index in [1.807, 2.05) is 38.1 Å². The zero-order valence-corrected chi connectivity index (χ0v) is 82.2. The number of para-hydroxylation sites is 1. The number of unbranched alkanes of at least 4 members (excludes halogenated alkanes) is 3. The Bertz CT molecular complexity index is 4520. The number of nitrogens with zero attached hydrogens (tertiary/aromatic N) is 2. The van der Waals surface area contributed by atoms with Gasteiger partial charge in [-0.1, -0.05) is 69.0 Å². The summed E-state index contributed by atoms with van der Waals surface area (Å²) in [5, 5.41) is 37.1. The standard InChI is InChI=1S/C49H86N6O20P2S.C46H58N6O8/c1-2-24-72-28-29-73-25-7-9-37(56)17-19-43(59)52-23-27-75-31-30-74-26-8-10-38(57)18-20-44(60)54-40(46(51)62)11-4-6-22-53-47(63)39(50)34-78-42-32-45(61)55(48(42)64)33-35-13-15-36(16-14-35)41(58)12-3-5-21-49(65,76(66,67)68)77(69,70)71;1-32-12-4-5-15-38(32)52-45(60)50-36-21-18-33(19-22-36)28-37(53)29-35(14-6-9-27-49-41(55)23-20-34-13-11-26-48-31-34)43(58)51-39(16-10-17-42(56)57)40(54)30-46(44(59)47-2)24-7-3-8-25-46/h35-36,39-40,42,65H,2-34,50H2,1H3,(H2,51,62)(H,52,59)(H,53,63)(H,54,60)(H2,66,67,68)(H2,69,70,71);4-5,11-13,15,18-23,26,31,35,39H,3,6-10,14,16-17,24-25,27-30H2,1-2H3,(H,47,59)(H,49,55)(H,51,58)(H,56,57)(H2,50,52,60)/b;23-20+/t35?,36?,39-,40+,42?;35-,39+/m11/s1. The summed E-state index contributed by atoms with van der Waals surface area (Å²) in [5.74, 6) is -6.70. The van der Waals surface area contributed by atoms with Gasteiger partial charge in [-0.05, 0) is 182 Å². The lowest BCUT2D eigenvalue weighted by Gasteiger charge is -2.36. The van der Waals surface area contributed by atoms with E-state index in [1.165, 1.54) is 11.0 Å². The van der Waals surface area contributed by atoms with Gasteiger partial charge in [-0.15, -0.1) is 11.8 Å². The minimum atomic E-state index is -5.57. The highest BCUT2D eigenvalue weighted by Crippen LogP contribution is 2.69. The van der Waals surface area contributed by atoms with Gasteiger partial charge in [-0.25, -0.2) is 4.79 Å². The van der Waals surface area contributed by atoms with Crippen molar-refractivity contribution in [1.29, 1.82) is 0 Å². The number of carbonyl (C=O) groups is 16. The fourth-order valence-electron chi connectivity index (χ4n) is 16.1. The number of primary amides is 1. The van der Waals surface area contributed by atoms with Crippen LogP contribution in [0.5, 0.6) is 0 Å². The molecule has 0 bridgehead atoms. The van der Waals surface area contributed by atoms with Crippen LogP contribution in [0.25, 0.3) is 6.08 Å². The monoisotopic (exact) mass is 1990 g/mol. The highest BCUT2D eigenvalue weighted by molar-refractivity contribution is 8.00. The van der Waals surface area contributed by atoms with Crippen molar-refractivity contribution in [2.75, 3.05) is 102 Å². The summed E-state index contributed by atoms with van der Waals surface area (Å²) < 4.78 is 44.8. The third kappa shape index (κ3) is 46.1. The summed E-state index contributed by atoms with van der Waals surface area (Å²) in [6.45, 7) is 8.26. The minimum Gasteiger partial charge on any atom is -0.481 e. The highest BCUT2D eigenvalue weighted by Gasteiger charge is 2.59. The van der Waals surface area contributed by atoms with Crippen LogP contribution in [-0.4, -0.2) is 254 Å². The summed E-state index contributed by atoms with van der Waals surface area (Å²) in [5.41, 5.74) is 14.3. The number of Topliss-reactive ketones (excluding diaryl/α,β-unsaturated/α-hetero) is 5. The molecule has 2 saturated carbocycles. The van der Waals surface area contributed by atoms with Crippen LogP contribution < -0.4 is 54.0 Å². The lowest BCUT2D eigenvalue weighted by Crippen LogP contribution is -2.48. The first-order valence-corrected chi connectivity index (χ1v) is 52.0. The van der Waals surface area contributed by atoms with Gasteiger partial charge >= 0.3 is 27.2 Å². The Balaban J connectivity index is 0.000000503. The Morgan fingerprint density at radius 2 is 1.25 bits per heavy atom. The number of aliphatic carboxylic acids is 1. The maximum atomic E-state index is 14.1. The molecule has 40 nitrogen and oxygen atoms in total. The topological polar surface area (TPSA) is 630 Å². The molecule has 3 aliphatic rings. The maximum absolute atomic E-state index is 14.1. The van der Waals surface area contributed by atoms with Gasteiger partial charge in [-0.2, -0.15) is 0 Å². The Labute approximate surface area is 810 Å². The van der Waals surface area contributed by atoms with Crippen molar-refractivity contribution in [3.05, 3.63) is 95.8 Å². The first kappa shape index (κ1) is 119. The fourth-order valence-corrected chi connectivity index (χ4v) is 19.4. The van der Waals surface area contributed by atoms with Crippen molar-refractivity contribution >= 4 is 138 Å². The summed E-state index contributed by atoms with van der Waals surface area (Å²) in [4.78, 5) is 246. The largest absolute Gasteiger partial charge is 0.481 e. The molecule has 2 aromatic carbocycles. The zero-order valence-electron chi connectivity index (χ0n) is 79.6. The molecule has 5 atom stereocenters. The van der Waals surface area contributed by atoms with Crippen LogP contribution in [0, 0.1) is 30.1 Å². The third-order valence-corrected chi connectivity index (χ3v) is 29.2. The third-order valence-electron chi connectivity index (χ3n) is 24.0. The number of ether oxygens (including phenoxy) is 4. The number of anilines is 2. The number of carbonyl (C=O) groups excluding carboxylic acids is 15. The number of pyridine rings is 1. The van der Waals surface area contributed by atoms with Gasteiger partial charge in [0.05, 0.1) is 55.8 Å². The number of amides is 11. The lowest BCUT2D eigenvalue weighted by molar-refractivity contribution is -0.140. The number of benzene rings is 2. The molecular formula is C95H144N12O28P2S. The molecule has 1 saturated heterocycles. The molecule has 1 unspecified atom stereocenters. The van der Waals surface area contributed by atoms with Gasteiger partial charge in [0, 0.05) is 178 Å². The van der Waals surface area contributed by atoms with E-state index in [0.29, 0.717) is 147 Å². The van der Waals surface area contributed by atoms with Gasteiger partial charge in [0.2, 0.25) is 53.2 Å². The SMILES string of the molecule is CCCOCCOCCCC(=O)CCC(=O)NCCOCCOCCCC(=O)CCC(=O)N[C@@H](CCCCNC(=O)[C@H](N)CSC1CC(=O)N(CC2CCC(C(=O)CCCCC(O)(P(=O)(O)O)P(=O)(O)O)CC2)C1=O)C(N)=O.CNC(=O)C1(CC(=O)[C@H](CCCC(=O)O)NC(=O)[C@H](CCCCNC(=O)/C=C/c2cccnc2)CC(=O)Cc2ccc(NC(=O)Nc3ccccc3C)cc2)CCCCC1. The van der Waals surface area contributed by atoms with Gasteiger partial charge in [0.1, 0.15) is 29.2 Å². The van der Waals surface area contributed by atoms with Crippen molar-refractivity contribution in [3.8, 4) is 0 Å². The average molecular weight is 2000 g/mol. The molecular weight excluding hydrogens is 1850 g/mol. The van der Waals surface area contributed by atoms with Crippen LogP contribution in [-0.2, 0) is 106 Å². The molecule has 18 N–H and O–H groups in total. The molecule has 11 amide bonds. The molecule has 2 aliphatic carbocycles. The van der Waals surface area contributed by atoms with Crippen molar-refractivity contribution in [2.45, 2.75) is 267 Å². The number of carboxylic acid groups (broad SMARTS) is 1. The summed E-state index contributed by atoms with van der Waals surface area (Å²) in [6.07, 6.45) is 15.7. The minimum absolute atomic E-state index is 0.00718. The van der Waals surface area contributed by atoms with E-state index >= 15 is 0 Å². The Morgan fingerprint density at radius 3 is 1.86 bits per heavy atom. The van der Waals surface area contributed by atoms with E-state index in [9.17, 15) is 116 Å². The second kappa shape index (κ2) is 64.6. The molecule has 43 heteroatoms. The first-order chi connectivity index (χ1) is 65.8. The molecule has 0 spiro atoms. The number of hydrogen-bond donors (Lipinski definition) is 16. The van der Waals surface area contributed by atoms with Crippen LogP contribution in [0.3, 0.4) is 0 Å². The second-order valence-electron chi connectivity index (χ2n) is 35.1. The highest BCUT2D eigenvalue weighted by atomic mass is 32.2. The molecule has 138 heavy (non-hydrogen) atoms. The number of carboxylic acids is 1. The number of likely N-dealkylation sites (tertiary alicyclic amines) is 1. The van der Waals surface area contributed by atoms with E-state index in [0.717, 1.165) is 48.6 Å². The van der Waals surface area contributed by atoms with E-state index in [2.05, 4.69) is 47.5 Å². The fraction of sp³-hybridized carbons (Fsp3) is 0.632. The van der Waals surface area contributed by atoms with Crippen LogP contribution in [0.2, 0.25) is 0 Å². The normalized spacial score (nSPS) is 16.3. The lowest BCUT2D eigenvalue weighted by atomic mass is 9.69. The Morgan fingerprint density at radius 1 is 0.630 bits per heavy atom. The first-order valence-electron chi connectivity index (χ1n) is 47.7. The van der Waals surface area contributed by atoms with Gasteiger partial charge in [0.15, 0.2) is 5.78 Å². The van der Waals surface area contributed by atoms with Gasteiger partial charge in [-0.3, -0.25) is 90.9 Å². The number of nitrogens with two attached hydrogens (primary N) is 2. The predicted molar refractivity (Wildman–Crippen MR) is 515 cm³/mol. The molecule has 3 fully saturated rings. The molecule has 6 rings (SSSR count). The number of rotatable bonds is 69. The van der Waals surface area contributed by atoms with Crippen molar-refractivity contribution in [2.24, 2.45) is 34.6 Å². The number of nitrogens with one attached hydrogen (secondary N) is 8. The van der Waals surface area contributed by atoms with Crippen molar-refractivity contribution in [3.63, 3.8) is 0 Å². The number of thioether (sulfide) groups is 1. The zero-order chi connectivity index (χ0) is 101. The predicted octanol–water partition coefficient (Wildman–Crippen LogP) is 7.77. The summed E-state index contributed by atoms with van der Waals surface area (Å²) in [7, 11) is -9.61. The van der Waals surface area contributed by atoms with E-state index in [-0.39, 0.29) is 218 Å². The van der Waals surface area contributed by atoms with Gasteiger partial charge < -0.3 is 103 Å². The van der Waals surface area contributed by atoms with Crippen LogP contribution >= 0.6 is 27.0 Å². The van der Waals surface area contributed by atoms with Crippen LogP contribution in [0.15, 0.2) is 79.1 Å². The maximum Gasteiger partial charge on any atom is 0.369 e. The summed E-state index contributed by atoms with van der Waals surface area (Å²) in [6, 6.07) is 14.4. The van der Waals surface area contributed by atoms with Crippen LogP contribution in [0.4, 0.5) is 16.2 Å². The van der Waals surface area contributed by atoms with Crippen molar-refractivity contribution in [1.82, 2.24) is 41.8 Å². The van der Waals surface area contributed by atoms with Crippen LogP contribution in [0.1, 0.15) is 242 Å². The number of ketones is 5. The smallest absolute Gasteiger partial charge is 0.369 e. The second-order valence-corrected chi connectivity index (χ2v) is 40.4. The number of imide groups is 1. The summed E-state index contributed by atoms with van der Waals surface area (Å²) >= 11 is 1.11. The number of aryl methyl sites for hydroxylation is 1. The van der Waals surface area contributed by atoms with E-state index in [4.69, 9.17) is 30.4 Å². The molecule has 0 radical (unpaired) electrons. The molecule has 768 valence electrons. The molecule has 1 aromatic heterocycles. The number of urea groups is 1. The molecule has 1 aliphatic heterocycles. The van der Waals surface area contributed by atoms with Gasteiger partial charge in [0.25, 0.3) is 5.08 Å². The molecule has 3 aromatic rings. The quantitative estimate of drug-likeness (QED) is 0.0111. The van der Waals surface area contributed by atoms with Crippen molar-refractivity contribution < 1.29 is 135 Å².